The van der Waals surface area contributed by atoms with Crippen LogP contribution < -0.4 is 5.73 Å². The quantitative estimate of drug-likeness (QED) is 0.695. The summed E-state index contributed by atoms with van der Waals surface area (Å²) < 4.78 is 0. The minimum atomic E-state index is 0.837. The molecule has 2 heteroatoms. The van der Waals surface area contributed by atoms with Crippen LogP contribution in [-0.2, 0) is 6.42 Å². The molecule has 72 valence electrons. The molecule has 0 amide bonds. The standard InChI is InChI=1S/C12H14N2/c1-3-9-4-5-10-8(2)11(13)6-7-12(10)14-9/h4-7H,3,13H2,1-2H3. The molecule has 0 atom stereocenters. The Hall–Kier alpha value is -1.57. The Morgan fingerprint density at radius 1 is 1.21 bits per heavy atom. The number of pyridine rings is 1. The zero-order valence-corrected chi connectivity index (χ0v) is 8.54. The van der Waals surface area contributed by atoms with Gasteiger partial charge in [-0.3, -0.25) is 4.98 Å². The summed E-state index contributed by atoms with van der Waals surface area (Å²) in [5, 5.41) is 1.15. The second kappa shape index (κ2) is 3.29. The number of aromatic nitrogens is 1. The van der Waals surface area contributed by atoms with Gasteiger partial charge in [-0.05, 0) is 37.1 Å². The Labute approximate surface area is 83.8 Å². The molecule has 0 spiro atoms. The monoisotopic (exact) mass is 186 g/mol. The molecule has 14 heavy (non-hydrogen) atoms. The largest absolute Gasteiger partial charge is 0.398 e. The highest BCUT2D eigenvalue weighted by molar-refractivity contribution is 5.86. The average molecular weight is 186 g/mol. The topological polar surface area (TPSA) is 38.9 Å². The average Bonchev–Trinajstić information content (AvgIpc) is 2.23. The first kappa shape index (κ1) is 9.00. The molecular weight excluding hydrogens is 172 g/mol. The lowest BCUT2D eigenvalue weighted by Crippen LogP contribution is -1.93. The van der Waals surface area contributed by atoms with Crippen LogP contribution in [0, 0.1) is 6.92 Å². The van der Waals surface area contributed by atoms with Crippen LogP contribution in [0.15, 0.2) is 24.3 Å². The van der Waals surface area contributed by atoms with E-state index in [0.717, 1.165) is 34.3 Å². The molecule has 0 aliphatic carbocycles. The Morgan fingerprint density at radius 3 is 2.71 bits per heavy atom. The van der Waals surface area contributed by atoms with Gasteiger partial charge in [0.1, 0.15) is 0 Å². The Kier molecular flexibility index (Phi) is 2.12. The molecule has 0 aliphatic heterocycles. The Bertz CT molecular complexity index is 475. The van der Waals surface area contributed by atoms with Crippen molar-refractivity contribution in [3.05, 3.63) is 35.5 Å². The van der Waals surface area contributed by atoms with Crippen molar-refractivity contribution < 1.29 is 0 Å². The highest BCUT2D eigenvalue weighted by Gasteiger charge is 2.02. The summed E-state index contributed by atoms with van der Waals surface area (Å²) in [5.41, 5.74) is 9.95. The number of rotatable bonds is 1. The number of hydrogen-bond acceptors (Lipinski definition) is 2. The fourth-order valence-corrected chi connectivity index (χ4v) is 1.61. The third-order valence-corrected chi connectivity index (χ3v) is 2.60. The van der Waals surface area contributed by atoms with E-state index in [1.807, 2.05) is 19.1 Å². The number of fused-ring (bicyclic) bond motifs is 1. The van der Waals surface area contributed by atoms with Crippen molar-refractivity contribution in [1.29, 1.82) is 0 Å². The summed E-state index contributed by atoms with van der Waals surface area (Å²) >= 11 is 0. The smallest absolute Gasteiger partial charge is 0.0709 e. The first-order valence-corrected chi connectivity index (χ1v) is 4.87. The maximum Gasteiger partial charge on any atom is 0.0709 e. The lowest BCUT2D eigenvalue weighted by molar-refractivity contribution is 1.06. The summed E-state index contributed by atoms with van der Waals surface area (Å²) in [7, 11) is 0. The first-order valence-electron chi connectivity index (χ1n) is 4.87. The molecule has 0 unspecified atom stereocenters. The predicted octanol–water partition coefficient (Wildman–Crippen LogP) is 2.69. The van der Waals surface area contributed by atoms with E-state index in [2.05, 4.69) is 24.0 Å². The lowest BCUT2D eigenvalue weighted by atomic mass is 10.1. The number of nitrogens with zero attached hydrogens (tertiary/aromatic N) is 1. The summed E-state index contributed by atoms with van der Waals surface area (Å²) in [6.07, 6.45) is 0.972. The van der Waals surface area contributed by atoms with E-state index >= 15 is 0 Å². The molecule has 0 saturated heterocycles. The maximum atomic E-state index is 5.83. The fourth-order valence-electron chi connectivity index (χ4n) is 1.61. The van der Waals surface area contributed by atoms with Crippen molar-refractivity contribution in [2.24, 2.45) is 0 Å². The number of anilines is 1. The summed E-state index contributed by atoms with van der Waals surface area (Å²) in [6, 6.07) is 8.07. The van der Waals surface area contributed by atoms with Crippen LogP contribution in [0.3, 0.4) is 0 Å². The molecule has 2 aromatic rings. The molecule has 0 radical (unpaired) electrons. The highest BCUT2D eigenvalue weighted by Crippen LogP contribution is 2.22. The van der Waals surface area contributed by atoms with Gasteiger partial charge in [-0.2, -0.15) is 0 Å². The minimum absolute atomic E-state index is 0.837. The van der Waals surface area contributed by atoms with E-state index in [1.54, 1.807) is 0 Å². The molecule has 1 aromatic carbocycles. The van der Waals surface area contributed by atoms with Gasteiger partial charge in [0.25, 0.3) is 0 Å². The number of aryl methyl sites for hydroxylation is 2. The van der Waals surface area contributed by atoms with E-state index < -0.39 is 0 Å². The van der Waals surface area contributed by atoms with Crippen LogP contribution in [0.2, 0.25) is 0 Å². The van der Waals surface area contributed by atoms with Crippen molar-refractivity contribution >= 4 is 16.6 Å². The van der Waals surface area contributed by atoms with Crippen molar-refractivity contribution in [1.82, 2.24) is 4.98 Å². The van der Waals surface area contributed by atoms with Gasteiger partial charge in [-0.15, -0.1) is 0 Å². The summed E-state index contributed by atoms with van der Waals surface area (Å²) in [6.45, 7) is 4.14. The molecule has 1 aromatic heterocycles. The van der Waals surface area contributed by atoms with E-state index in [0.29, 0.717) is 0 Å². The van der Waals surface area contributed by atoms with Gasteiger partial charge in [-0.1, -0.05) is 13.0 Å². The molecule has 2 N–H and O–H groups in total. The second-order valence-electron chi connectivity index (χ2n) is 3.50. The van der Waals surface area contributed by atoms with Crippen molar-refractivity contribution in [2.45, 2.75) is 20.3 Å². The van der Waals surface area contributed by atoms with Crippen LogP contribution in [0.4, 0.5) is 5.69 Å². The fraction of sp³-hybridized carbons (Fsp3) is 0.250. The van der Waals surface area contributed by atoms with Crippen LogP contribution in [0.5, 0.6) is 0 Å². The van der Waals surface area contributed by atoms with Crippen molar-refractivity contribution in [3.8, 4) is 0 Å². The molecule has 0 fully saturated rings. The van der Waals surface area contributed by atoms with Gasteiger partial charge in [0.2, 0.25) is 0 Å². The molecule has 0 saturated carbocycles. The van der Waals surface area contributed by atoms with Gasteiger partial charge >= 0.3 is 0 Å². The SMILES string of the molecule is CCc1ccc2c(C)c(N)ccc2n1. The van der Waals surface area contributed by atoms with Crippen molar-refractivity contribution in [3.63, 3.8) is 0 Å². The van der Waals surface area contributed by atoms with Gasteiger partial charge in [0, 0.05) is 16.8 Å². The van der Waals surface area contributed by atoms with Crippen LogP contribution in [0.1, 0.15) is 18.2 Å². The zero-order valence-electron chi connectivity index (χ0n) is 8.54. The second-order valence-corrected chi connectivity index (χ2v) is 3.50. The van der Waals surface area contributed by atoms with Crippen LogP contribution in [0.25, 0.3) is 10.9 Å². The highest BCUT2D eigenvalue weighted by atomic mass is 14.7. The third kappa shape index (κ3) is 1.33. The Morgan fingerprint density at radius 2 is 2.00 bits per heavy atom. The molecule has 0 bridgehead atoms. The lowest BCUT2D eigenvalue weighted by Gasteiger charge is -2.05. The number of hydrogen-bond donors (Lipinski definition) is 1. The minimum Gasteiger partial charge on any atom is -0.398 e. The molecular formula is C12H14N2. The van der Waals surface area contributed by atoms with E-state index in [1.165, 1.54) is 0 Å². The number of nitrogen functional groups attached to an aromatic ring is 1. The molecule has 1 heterocycles. The van der Waals surface area contributed by atoms with Gasteiger partial charge in [0.15, 0.2) is 0 Å². The van der Waals surface area contributed by atoms with Crippen LogP contribution in [-0.4, -0.2) is 4.98 Å². The summed E-state index contributed by atoms with van der Waals surface area (Å²) in [4.78, 5) is 4.54. The predicted molar refractivity (Wildman–Crippen MR) is 60.3 cm³/mol. The van der Waals surface area contributed by atoms with Crippen molar-refractivity contribution in [2.75, 3.05) is 5.73 Å². The molecule has 2 nitrogen and oxygen atoms in total. The summed E-state index contributed by atoms with van der Waals surface area (Å²) in [5.74, 6) is 0. The molecule has 0 aliphatic rings. The normalized spacial score (nSPS) is 10.7. The van der Waals surface area contributed by atoms with Crippen LogP contribution >= 0.6 is 0 Å². The first-order chi connectivity index (χ1) is 6.72. The van der Waals surface area contributed by atoms with E-state index in [9.17, 15) is 0 Å². The number of nitrogens with two attached hydrogens (primary N) is 1. The zero-order chi connectivity index (χ0) is 10.1. The van der Waals surface area contributed by atoms with Gasteiger partial charge in [-0.25, -0.2) is 0 Å². The third-order valence-electron chi connectivity index (χ3n) is 2.60. The van der Waals surface area contributed by atoms with Gasteiger partial charge < -0.3 is 5.73 Å². The Balaban J connectivity index is 2.74. The number of benzene rings is 1. The maximum absolute atomic E-state index is 5.83. The molecule has 2 rings (SSSR count). The van der Waals surface area contributed by atoms with E-state index in [-0.39, 0.29) is 0 Å². The van der Waals surface area contributed by atoms with Gasteiger partial charge in [0.05, 0.1) is 5.52 Å². The van der Waals surface area contributed by atoms with E-state index in [4.69, 9.17) is 5.73 Å².